The summed E-state index contributed by atoms with van der Waals surface area (Å²) in [6.45, 7) is 7.35. The molecule has 1 rings (SSSR count). The molecule has 0 aromatic rings. The van der Waals surface area contributed by atoms with Gasteiger partial charge < -0.3 is 10.5 Å². The third kappa shape index (κ3) is 3.40. The fraction of sp³-hybridized carbons (Fsp3) is 0.818. The molecule has 3 nitrogen and oxygen atoms in total. The van der Waals surface area contributed by atoms with E-state index >= 15 is 0 Å². The van der Waals surface area contributed by atoms with Gasteiger partial charge in [-0.05, 0) is 19.3 Å². The molecule has 1 aliphatic rings. The molecule has 1 fully saturated rings. The molecule has 0 amide bonds. The first-order valence-corrected chi connectivity index (χ1v) is 5.31. The van der Waals surface area contributed by atoms with E-state index in [4.69, 9.17) is 10.5 Å². The van der Waals surface area contributed by atoms with Crippen LogP contribution in [0.1, 0.15) is 19.3 Å². The number of rotatable bonds is 7. The molecule has 2 N–H and O–H groups in total. The summed E-state index contributed by atoms with van der Waals surface area (Å²) >= 11 is 0. The molecule has 0 aliphatic heterocycles. The van der Waals surface area contributed by atoms with Gasteiger partial charge in [-0.15, -0.1) is 6.58 Å². The summed E-state index contributed by atoms with van der Waals surface area (Å²) in [4.78, 5) is 2.32. The van der Waals surface area contributed by atoms with Crippen LogP contribution in [0.3, 0.4) is 0 Å². The Morgan fingerprint density at radius 3 is 2.71 bits per heavy atom. The van der Waals surface area contributed by atoms with Crippen molar-refractivity contribution in [2.24, 2.45) is 5.73 Å². The van der Waals surface area contributed by atoms with Crippen LogP contribution < -0.4 is 5.73 Å². The zero-order chi connectivity index (χ0) is 10.4. The van der Waals surface area contributed by atoms with Crippen LogP contribution in [0.15, 0.2) is 12.7 Å². The number of hydrogen-bond donors (Lipinski definition) is 1. The third-order valence-corrected chi connectivity index (χ3v) is 2.89. The molecular weight excluding hydrogens is 176 g/mol. The maximum atomic E-state index is 6.19. The van der Waals surface area contributed by atoms with Crippen molar-refractivity contribution >= 4 is 0 Å². The van der Waals surface area contributed by atoms with E-state index in [0.717, 1.165) is 39.1 Å². The van der Waals surface area contributed by atoms with Gasteiger partial charge in [0, 0.05) is 32.3 Å². The molecule has 0 heterocycles. The molecule has 1 aliphatic carbocycles. The highest BCUT2D eigenvalue weighted by atomic mass is 16.5. The van der Waals surface area contributed by atoms with Crippen LogP contribution in [0.4, 0.5) is 0 Å². The highest BCUT2D eigenvalue weighted by molar-refractivity contribution is 4.96. The van der Waals surface area contributed by atoms with E-state index in [1.807, 2.05) is 6.08 Å². The quantitative estimate of drug-likeness (QED) is 0.620. The third-order valence-electron chi connectivity index (χ3n) is 2.89. The zero-order valence-electron chi connectivity index (χ0n) is 9.17. The Morgan fingerprint density at radius 2 is 2.29 bits per heavy atom. The number of methoxy groups -OCH3 is 1. The van der Waals surface area contributed by atoms with E-state index < -0.39 is 0 Å². The Bertz CT molecular complexity index is 178. The smallest absolute Gasteiger partial charge is 0.0589 e. The predicted molar refractivity (Wildman–Crippen MR) is 59.3 cm³/mol. The van der Waals surface area contributed by atoms with Gasteiger partial charge in [-0.2, -0.15) is 0 Å². The monoisotopic (exact) mass is 198 g/mol. The fourth-order valence-corrected chi connectivity index (χ4v) is 1.87. The molecule has 0 spiro atoms. The highest BCUT2D eigenvalue weighted by Crippen LogP contribution is 2.29. The van der Waals surface area contributed by atoms with Gasteiger partial charge in [0.25, 0.3) is 0 Å². The van der Waals surface area contributed by atoms with Crippen molar-refractivity contribution < 1.29 is 4.74 Å². The lowest BCUT2D eigenvalue weighted by molar-refractivity contribution is 0.113. The Morgan fingerprint density at radius 1 is 1.57 bits per heavy atom. The minimum Gasteiger partial charge on any atom is -0.383 e. The largest absolute Gasteiger partial charge is 0.383 e. The minimum atomic E-state index is 0.0662. The molecule has 0 saturated heterocycles. The van der Waals surface area contributed by atoms with Crippen LogP contribution in [0.25, 0.3) is 0 Å². The first kappa shape index (κ1) is 11.7. The molecule has 0 atom stereocenters. The van der Waals surface area contributed by atoms with E-state index in [-0.39, 0.29) is 5.54 Å². The molecule has 3 heteroatoms. The normalized spacial score (nSPS) is 19.4. The van der Waals surface area contributed by atoms with Crippen molar-refractivity contribution in [1.29, 1.82) is 0 Å². The lowest BCUT2D eigenvalue weighted by Gasteiger charge is -2.41. The second-order valence-electron chi connectivity index (χ2n) is 4.23. The lowest BCUT2D eigenvalue weighted by atomic mass is 9.77. The standard InChI is InChI=1S/C11H22N2O/c1-3-7-13(8-9-14-2)10-11(12)5-4-6-11/h3H,1,4-10,12H2,2H3. The molecule has 1 saturated carbocycles. The topological polar surface area (TPSA) is 38.5 Å². The van der Waals surface area contributed by atoms with E-state index in [1.165, 1.54) is 6.42 Å². The summed E-state index contributed by atoms with van der Waals surface area (Å²) in [5, 5.41) is 0. The minimum absolute atomic E-state index is 0.0662. The summed E-state index contributed by atoms with van der Waals surface area (Å²) in [6.07, 6.45) is 5.53. The summed E-state index contributed by atoms with van der Waals surface area (Å²) < 4.78 is 5.07. The fourth-order valence-electron chi connectivity index (χ4n) is 1.87. The number of nitrogens with zero attached hydrogens (tertiary/aromatic N) is 1. The number of nitrogens with two attached hydrogens (primary N) is 1. The van der Waals surface area contributed by atoms with Gasteiger partial charge in [0.15, 0.2) is 0 Å². The van der Waals surface area contributed by atoms with Gasteiger partial charge in [0.2, 0.25) is 0 Å². The number of hydrogen-bond acceptors (Lipinski definition) is 3. The van der Waals surface area contributed by atoms with Gasteiger partial charge >= 0.3 is 0 Å². The van der Waals surface area contributed by atoms with Crippen molar-refractivity contribution in [3.8, 4) is 0 Å². The predicted octanol–water partition coefficient (Wildman–Crippen LogP) is 1.00. The maximum Gasteiger partial charge on any atom is 0.0589 e. The van der Waals surface area contributed by atoms with E-state index in [2.05, 4.69) is 11.5 Å². The second-order valence-corrected chi connectivity index (χ2v) is 4.23. The van der Waals surface area contributed by atoms with Crippen LogP contribution in [0, 0.1) is 0 Å². The molecule has 0 aromatic heterocycles. The summed E-state index contributed by atoms with van der Waals surface area (Å²) in [7, 11) is 1.73. The average molecular weight is 198 g/mol. The van der Waals surface area contributed by atoms with Crippen molar-refractivity contribution in [2.75, 3.05) is 33.4 Å². The Hall–Kier alpha value is -0.380. The van der Waals surface area contributed by atoms with E-state index in [0.29, 0.717) is 0 Å². The number of ether oxygens (including phenoxy) is 1. The zero-order valence-corrected chi connectivity index (χ0v) is 9.17. The van der Waals surface area contributed by atoms with Gasteiger partial charge in [0.05, 0.1) is 6.61 Å². The van der Waals surface area contributed by atoms with Crippen LogP contribution in [0.5, 0.6) is 0 Å². The first-order chi connectivity index (χ1) is 6.70. The highest BCUT2D eigenvalue weighted by Gasteiger charge is 2.33. The molecular formula is C11H22N2O. The Balaban J connectivity index is 2.29. The molecule has 0 radical (unpaired) electrons. The average Bonchev–Trinajstić information content (AvgIpc) is 2.12. The maximum absolute atomic E-state index is 6.19. The Kier molecular flexibility index (Phi) is 4.58. The molecule has 0 aromatic carbocycles. The molecule has 0 bridgehead atoms. The Labute approximate surface area is 86.9 Å². The molecule has 82 valence electrons. The van der Waals surface area contributed by atoms with Crippen LogP contribution >= 0.6 is 0 Å². The van der Waals surface area contributed by atoms with E-state index in [1.54, 1.807) is 7.11 Å². The van der Waals surface area contributed by atoms with Crippen LogP contribution in [0.2, 0.25) is 0 Å². The van der Waals surface area contributed by atoms with Crippen molar-refractivity contribution in [2.45, 2.75) is 24.8 Å². The van der Waals surface area contributed by atoms with Crippen molar-refractivity contribution in [3.63, 3.8) is 0 Å². The van der Waals surface area contributed by atoms with E-state index in [9.17, 15) is 0 Å². The van der Waals surface area contributed by atoms with Gasteiger partial charge in [-0.3, -0.25) is 4.90 Å². The van der Waals surface area contributed by atoms with Crippen LogP contribution in [-0.2, 0) is 4.74 Å². The second kappa shape index (κ2) is 5.49. The van der Waals surface area contributed by atoms with Gasteiger partial charge in [0.1, 0.15) is 0 Å². The molecule has 14 heavy (non-hydrogen) atoms. The van der Waals surface area contributed by atoms with Crippen molar-refractivity contribution in [3.05, 3.63) is 12.7 Å². The molecule has 0 unspecified atom stereocenters. The summed E-state index contributed by atoms with van der Waals surface area (Å²) in [5.41, 5.74) is 6.26. The van der Waals surface area contributed by atoms with Crippen LogP contribution in [-0.4, -0.2) is 43.8 Å². The first-order valence-electron chi connectivity index (χ1n) is 5.31. The van der Waals surface area contributed by atoms with Gasteiger partial charge in [-0.25, -0.2) is 0 Å². The van der Waals surface area contributed by atoms with Gasteiger partial charge in [-0.1, -0.05) is 6.08 Å². The van der Waals surface area contributed by atoms with Crippen molar-refractivity contribution in [1.82, 2.24) is 4.90 Å². The summed E-state index contributed by atoms with van der Waals surface area (Å²) in [6, 6.07) is 0. The SMILES string of the molecule is C=CCN(CCOC)CC1(N)CCC1. The summed E-state index contributed by atoms with van der Waals surface area (Å²) in [5.74, 6) is 0. The lowest BCUT2D eigenvalue weighted by Crippen LogP contribution is -2.55.